The predicted octanol–water partition coefficient (Wildman–Crippen LogP) is 2.78. The van der Waals surface area contributed by atoms with Gasteiger partial charge in [0, 0.05) is 5.02 Å². The number of anilines is 1. The molecule has 0 fully saturated rings. The van der Waals surface area contributed by atoms with Gasteiger partial charge in [0.05, 0.1) is 18.6 Å². The van der Waals surface area contributed by atoms with Crippen LogP contribution in [0.15, 0.2) is 12.1 Å². The first kappa shape index (κ1) is 16.9. The van der Waals surface area contributed by atoms with Gasteiger partial charge in [0.15, 0.2) is 0 Å². The standard InChI is InChI=1S/C14H18ClNO3S/c1-8-5-6-11(15)9(2)13(8)16(12(17)7-20)10(3)14(18)19-4/h5-6,10,20H,7H2,1-4H3/t10-/m0/s1. The number of hydrogen-bond donors (Lipinski definition) is 1. The molecule has 0 heterocycles. The summed E-state index contributed by atoms with van der Waals surface area (Å²) in [6.07, 6.45) is 0. The van der Waals surface area contributed by atoms with Crippen molar-refractivity contribution in [2.24, 2.45) is 0 Å². The largest absolute Gasteiger partial charge is 0.467 e. The molecule has 0 spiro atoms. The van der Waals surface area contributed by atoms with Crippen molar-refractivity contribution in [3.8, 4) is 0 Å². The monoisotopic (exact) mass is 315 g/mol. The van der Waals surface area contributed by atoms with E-state index in [2.05, 4.69) is 12.6 Å². The third-order valence-corrected chi connectivity index (χ3v) is 3.82. The Morgan fingerprint density at radius 3 is 2.50 bits per heavy atom. The second-order valence-electron chi connectivity index (χ2n) is 4.46. The van der Waals surface area contributed by atoms with E-state index in [1.807, 2.05) is 19.9 Å². The zero-order valence-corrected chi connectivity index (χ0v) is 13.6. The molecular formula is C14H18ClNO3S. The van der Waals surface area contributed by atoms with Crippen molar-refractivity contribution in [2.75, 3.05) is 17.8 Å². The molecule has 1 aromatic rings. The predicted molar refractivity (Wildman–Crippen MR) is 83.7 cm³/mol. The van der Waals surface area contributed by atoms with Crippen molar-refractivity contribution in [3.63, 3.8) is 0 Å². The van der Waals surface area contributed by atoms with E-state index in [0.29, 0.717) is 10.7 Å². The first-order valence-corrected chi connectivity index (χ1v) is 7.12. The molecule has 110 valence electrons. The summed E-state index contributed by atoms with van der Waals surface area (Å²) in [5.41, 5.74) is 2.24. The highest BCUT2D eigenvalue weighted by Crippen LogP contribution is 2.32. The highest BCUT2D eigenvalue weighted by atomic mass is 35.5. The Balaban J connectivity index is 3.43. The molecule has 0 unspecified atom stereocenters. The van der Waals surface area contributed by atoms with Crippen LogP contribution in [-0.2, 0) is 14.3 Å². The number of aryl methyl sites for hydroxylation is 1. The Bertz CT molecular complexity index is 533. The van der Waals surface area contributed by atoms with Crippen LogP contribution in [0.25, 0.3) is 0 Å². The fraction of sp³-hybridized carbons (Fsp3) is 0.429. The lowest BCUT2D eigenvalue weighted by molar-refractivity contribution is -0.142. The highest BCUT2D eigenvalue weighted by Gasteiger charge is 2.29. The van der Waals surface area contributed by atoms with Gasteiger partial charge in [0.25, 0.3) is 0 Å². The van der Waals surface area contributed by atoms with Gasteiger partial charge in [-0.3, -0.25) is 9.69 Å². The minimum Gasteiger partial charge on any atom is -0.467 e. The number of benzene rings is 1. The van der Waals surface area contributed by atoms with Crippen LogP contribution in [0.1, 0.15) is 18.1 Å². The van der Waals surface area contributed by atoms with Crippen LogP contribution in [0.3, 0.4) is 0 Å². The maximum atomic E-state index is 12.2. The van der Waals surface area contributed by atoms with Gasteiger partial charge in [-0.2, -0.15) is 12.6 Å². The molecule has 0 saturated heterocycles. The number of halogens is 1. The topological polar surface area (TPSA) is 46.6 Å². The van der Waals surface area contributed by atoms with Crippen molar-refractivity contribution < 1.29 is 14.3 Å². The fourth-order valence-corrected chi connectivity index (χ4v) is 2.37. The number of esters is 1. The molecule has 0 saturated carbocycles. The third-order valence-electron chi connectivity index (χ3n) is 3.14. The van der Waals surface area contributed by atoms with Crippen LogP contribution in [-0.4, -0.2) is 30.8 Å². The van der Waals surface area contributed by atoms with Gasteiger partial charge in [0.1, 0.15) is 6.04 Å². The molecule has 0 aromatic heterocycles. The number of amides is 1. The van der Waals surface area contributed by atoms with E-state index >= 15 is 0 Å². The minimum absolute atomic E-state index is 0.00721. The first-order valence-electron chi connectivity index (χ1n) is 6.11. The maximum Gasteiger partial charge on any atom is 0.328 e. The van der Waals surface area contributed by atoms with E-state index < -0.39 is 12.0 Å². The molecule has 0 radical (unpaired) electrons. The molecule has 1 rings (SSSR count). The van der Waals surface area contributed by atoms with Crippen molar-refractivity contribution in [1.82, 2.24) is 0 Å². The Kier molecular flexibility index (Phi) is 5.89. The number of hydrogen-bond acceptors (Lipinski definition) is 4. The second-order valence-corrected chi connectivity index (χ2v) is 5.18. The van der Waals surface area contributed by atoms with E-state index in [1.165, 1.54) is 12.0 Å². The van der Waals surface area contributed by atoms with Gasteiger partial charge >= 0.3 is 5.97 Å². The van der Waals surface area contributed by atoms with Crippen LogP contribution in [0.2, 0.25) is 5.02 Å². The van der Waals surface area contributed by atoms with Gasteiger partial charge in [-0.25, -0.2) is 4.79 Å². The van der Waals surface area contributed by atoms with Gasteiger partial charge < -0.3 is 4.74 Å². The minimum atomic E-state index is -0.740. The van der Waals surface area contributed by atoms with E-state index in [9.17, 15) is 9.59 Å². The number of thiol groups is 1. The van der Waals surface area contributed by atoms with Gasteiger partial charge in [-0.15, -0.1) is 0 Å². The van der Waals surface area contributed by atoms with Crippen molar-refractivity contribution in [3.05, 3.63) is 28.3 Å². The molecule has 20 heavy (non-hydrogen) atoms. The first-order chi connectivity index (χ1) is 9.34. The zero-order chi connectivity index (χ0) is 15.4. The number of carbonyl (C=O) groups is 2. The number of carbonyl (C=O) groups excluding carboxylic acids is 2. The second kappa shape index (κ2) is 6.99. The summed E-state index contributed by atoms with van der Waals surface area (Å²) in [5.74, 6) is -0.772. The summed E-state index contributed by atoms with van der Waals surface area (Å²) in [4.78, 5) is 25.4. The number of ether oxygens (including phenoxy) is 1. The van der Waals surface area contributed by atoms with Crippen molar-refractivity contribution in [2.45, 2.75) is 26.8 Å². The smallest absolute Gasteiger partial charge is 0.328 e. The Labute approximate surface area is 129 Å². The number of nitrogens with zero attached hydrogens (tertiary/aromatic N) is 1. The summed E-state index contributed by atoms with van der Waals surface area (Å²) in [6.45, 7) is 5.29. The van der Waals surface area contributed by atoms with Crippen molar-refractivity contribution >= 4 is 41.8 Å². The third kappa shape index (κ3) is 3.27. The summed E-state index contributed by atoms with van der Waals surface area (Å²) >= 11 is 10.1. The molecule has 0 bridgehead atoms. The van der Waals surface area contributed by atoms with Crippen molar-refractivity contribution in [1.29, 1.82) is 0 Å². The SMILES string of the molecule is COC(=O)[C@H](C)N(C(=O)CS)c1c(C)ccc(Cl)c1C. The lowest BCUT2D eigenvalue weighted by Crippen LogP contribution is -2.45. The van der Waals surface area contributed by atoms with E-state index in [0.717, 1.165) is 11.1 Å². The van der Waals surface area contributed by atoms with Crippen LogP contribution >= 0.6 is 24.2 Å². The van der Waals surface area contributed by atoms with E-state index in [-0.39, 0.29) is 11.7 Å². The summed E-state index contributed by atoms with van der Waals surface area (Å²) in [7, 11) is 1.29. The van der Waals surface area contributed by atoms with Crippen LogP contribution in [0, 0.1) is 13.8 Å². The number of methoxy groups -OCH3 is 1. The van der Waals surface area contributed by atoms with Crippen LogP contribution in [0.4, 0.5) is 5.69 Å². The Morgan fingerprint density at radius 1 is 1.40 bits per heavy atom. The van der Waals surface area contributed by atoms with Gasteiger partial charge in [-0.1, -0.05) is 17.7 Å². The van der Waals surface area contributed by atoms with E-state index in [1.54, 1.807) is 13.0 Å². The molecule has 0 aliphatic carbocycles. The van der Waals surface area contributed by atoms with Gasteiger partial charge in [0.2, 0.25) is 5.91 Å². The van der Waals surface area contributed by atoms with Crippen LogP contribution < -0.4 is 4.90 Å². The average molecular weight is 316 g/mol. The maximum absolute atomic E-state index is 12.2. The molecule has 1 amide bonds. The average Bonchev–Trinajstić information content (AvgIpc) is 2.45. The lowest BCUT2D eigenvalue weighted by Gasteiger charge is -2.30. The number of rotatable bonds is 4. The fourth-order valence-electron chi connectivity index (χ4n) is 2.07. The zero-order valence-electron chi connectivity index (χ0n) is 11.9. The summed E-state index contributed by atoms with van der Waals surface area (Å²) < 4.78 is 4.73. The molecule has 1 atom stereocenters. The quantitative estimate of drug-likeness (QED) is 0.686. The molecular weight excluding hydrogens is 298 g/mol. The summed E-state index contributed by atoms with van der Waals surface area (Å²) in [5, 5.41) is 0.541. The lowest BCUT2D eigenvalue weighted by atomic mass is 10.1. The molecule has 4 nitrogen and oxygen atoms in total. The molecule has 0 N–H and O–H groups in total. The molecule has 6 heteroatoms. The molecule has 0 aliphatic rings. The molecule has 0 aliphatic heterocycles. The van der Waals surface area contributed by atoms with Crippen LogP contribution in [0.5, 0.6) is 0 Å². The Hall–Kier alpha value is -1.20. The highest BCUT2D eigenvalue weighted by molar-refractivity contribution is 7.81. The van der Waals surface area contributed by atoms with Gasteiger partial charge in [-0.05, 0) is 38.0 Å². The normalized spacial score (nSPS) is 11.9. The molecule has 1 aromatic carbocycles. The Morgan fingerprint density at radius 2 is 2.00 bits per heavy atom. The summed E-state index contributed by atoms with van der Waals surface area (Å²) in [6, 6.07) is 2.84. The van der Waals surface area contributed by atoms with E-state index in [4.69, 9.17) is 16.3 Å².